The SMILES string of the molecule is CCOC(=O)C1(S(=O)(=O)c2ccc(OCCCc3cccc(-c4ccccc4)c3)cc2)CCN(CCOC)CC1. The molecule has 214 valence electrons. The predicted molar refractivity (Wildman–Crippen MR) is 156 cm³/mol. The Kier molecular flexibility index (Phi) is 10.4. The van der Waals surface area contributed by atoms with Crippen molar-refractivity contribution in [1.82, 2.24) is 4.90 Å². The smallest absolute Gasteiger partial charge is 0.327 e. The number of methoxy groups -OCH3 is 1. The summed E-state index contributed by atoms with van der Waals surface area (Å²) in [5.74, 6) is -0.0744. The van der Waals surface area contributed by atoms with Gasteiger partial charge in [0.2, 0.25) is 0 Å². The quantitative estimate of drug-likeness (QED) is 0.209. The minimum Gasteiger partial charge on any atom is -0.494 e. The van der Waals surface area contributed by atoms with Crippen LogP contribution in [0.15, 0.2) is 83.8 Å². The Bertz CT molecular complexity index is 1330. The fourth-order valence-electron chi connectivity index (χ4n) is 5.15. The molecule has 3 aromatic rings. The maximum Gasteiger partial charge on any atom is 0.327 e. The Morgan fingerprint density at radius 3 is 2.27 bits per heavy atom. The highest BCUT2D eigenvalue weighted by Crippen LogP contribution is 2.37. The lowest BCUT2D eigenvalue weighted by Gasteiger charge is -2.39. The summed E-state index contributed by atoms with van der Waals surface area (Å²) in [5, 5.41) is 0. The van der Waals surface area contributed by atoms with Gasteiger partial charge in [-0.25, -0.2) is 8.42 Å². The fourth-order valence-corrected chi connectivity index (χ4v) is 7.09. The first-order valence-electron chi connectivity index (χ1n) is 13.9. The van der Waals surface area contributed by atoms with Gasteiger partial charge < -0.3 is 19.1 Å². The highest BCUT2D eigenvalue weighted by Gasteiger charge is 2.54. The highest BCUT2D eigenvalue weighted by atomic mass is 32.2. The van der Waals surface area contributed by atoms with E-state index < -0.39 is 20.6 Å². The zero-order chi connectivity index (χ0) is 28.4. The normalized spacial score (nSPS) is 15.4. The van der Waals surface area contributed by atoms with E-state index in [9.17, 15) is 13.2 Å². The summed E-state index contributed by atoms with van der Waals surface area (Å²) < 4.78 is 42.4. The largest absolute Gasteiger partial charge is 0.494 e. The number of rotatable bonds is 13. The molecular weight excluding hydrogens is 526 g/mol. The molecule has 1 fully saturated rings. The average molecular weight is 566 g/mol. The highest BCUT2D eigenvalue weighted by molar-refractivity contribution is 7.93. The Labute approximate surface area is 238 Å². The van der Waals surface area contributed by atoms with Crippen LogP contribution in [-0.2, 0) is 30.5 Å². The van der Waals surface area contributed by atoms with Gasteiger partial charge in [-0.1, -0.05) is 54.6 Å². The summed E-state index contributed by atoms with van der Waals surface area (Å²) in [6.45, 7) is 4.55. The van der Waals surface area contributed by atoms with Gasteiger partial charge in [-0.15, -0.1) is 0 Å². The van der Waals surface area contributed by atoms with Gasteiger partial charge in [-0.2, -0.15) is 0 Å². The number of carbonyl (C=O) groups is 1. The number of esters is 1. The Balaban J connectivity index is 1.36. The van der Waals surface area contributed by atoms with Crippen LogP contribution >= 0.6 is 0 Å². The molecule has 1 heterocycles. The van der Waals surface area contributed by atoms with Crippen LogP contribution in [0.5, 0.6) is 5.75 Å². The van der Waals surface area contributed by atoms with Gasteiger partial charge in [0.25, 0.3) is 0 Å². The molecule has 8 heteroatoms. The summed E-state index contributed by atoms with van der Waals surface area (Å²) in [5.41, 5.74) is 3.62. The molecule has 0 atom stereocenters. The first kappa shape index (κ1) is 29.8. The van der Waals surface area contributed by atoms with E-state index >= 15 is 0 Å². The summed E-state index contributed by atoms with van der Waals surface area (Å²) >= 11 is 0. The lowest BCUT2D eigenvalue weighted by Crippen LogP contribution is -2.55. The van der Waals surface area contributed by atoms with E-state index in [-0.39, 0.29) is 24.3 Å². The second kappa shape index (κ2) is 13.9. The lowest BCUT2D eigenvalue weighted by molar-refractivity contribution is -0.147. The van der Waals surface area contributed by atoms with Crippen molar-refractivity contribution in [2.75, 3.05) is 46.6 Å². The van der Waals surface area contributed by atoms with E-state index in [0.29, 0.717) is 38.6 Å². The number of hydrogen-bond acceptors (Lipinski definition) is 7. The van der Waals surface area contributed by atoms with Crippen molar-refractivity contribution in [2.24, 2.45) is 0 Å². The second-order valence-corrected chi connectivity index (χ2v) is 12.3. The molecule has 0 aliphatic carbocycles. The molecule has 1 saturated heterocycles. The molecule has 7 nitrogen and oxygen atoms in total. The van der Waals surface area contributed by atoms with E-state index in [2.05, 4.69) is 41.3 Å². The molecule has 1 aliphatic heterocycles. The molecule has 0 saturated carbocycles. The van der Waals surface area contributed by atoms with E-state index in [1.807, 2.05) is 18.2 Å². The van der Waals surface area contributed by atoms with Crippen LogP contribution in [0.2, 0.25) is 0 Å². The maximum absolute atomic E-state index is 13.8. The monoisotopic (exact) mass is 565 g/mol. The van der Waals surface area contributed by atoms with Crippen LogP contribution in [0.3, 0.4) is 0 Å². The number of benzene rings is 3. The zero-order valence-electron chi connectivity index (χ0n) is 23.4. The third kappa shape index (κ3) is 6.92. The molecule has 40 heavy (non-hydrogen) atoms. The summed E-state index contributed by atoms with van der Waals surface area (Å²) in [6, 6.07) is 25.2. The third-order valence-electron chi connectivity index (χ3n) is 7.48. The number of hydrogen-bond donors (Lipinski definition) is 0. The van der Waals surface area contributed by atoms with Gasteiger partial charge in [-0.3, -0.25) is 4.79 Å². The van der Waals surface area contributed by atoms with Crippen molar-refractivity contribution in [1.29, 1.82) is 0 Å². The number of nitrogens with zero attached hydrogens (tertiary/aromatic N) is 1. The van der Waals surface area contributed by atoms with Crippen LogP contribution in [0, 0.1) is 0 Å². The van der Waals surface area contributed by atoms with Crippen molar-refractivity contribution in [3.05, 3.63) is 84.4 Å². The maximum atomic E-state index is 13.8. The minimum atomic E-state index is -3.98. The van der Waals surface area contributed by atoms with Gasteiger partial charge in [0, 0.05) is 26.7 Å². The van der Waals surface area contributed by atoms with E-state index in [1.165, 1.54) is 28.8 Å². The number of likely N-dealkylation sites (tertiary alicyclic amines) is 1. The second-order valence-electron chi connectivity index (χ2n) is 10.0. The summed E-state index contributed by atoms with van der Waals surface area (Å²) in [7, 11) is -2.35. The molecule has 4 rings (SSSR count). The first-order chi connectivity index (χ1) is 19.4. The van der Waals surface area contributed by atoms with E-state index in [1.54, 1.807) is 26.2 Å². The molecule has 3 aromatic carbocycles. The molecule has 0 spiro atoms. The minimum absolute atomic E-state index is 0.107. The van der Waals surface area contributed by atoms with Crippen molar-refractivity contribution in [3.8, 4) is 16.9 Å². The number of sulfone groups is 1. The van der Waals surface area contributed by atoms with Crippen molar-refractivity contribution in [2.45, 2.75) is 42.2 Å². The predicted octanol–water partition coefficient (Wildman–Crippen LogP) is 5.18. The molecule has 0 N–H and O–H groups in total. The summed E-state index contributed by atoms with van der Waals surface area (Å²) in [4.78, 5) is 15.3. The zero-order valence-corrected chi connectivity index (χ0v) is 24.2. The lowest BCUT2D eigenvalue weighted by atomic mass is 9.95. The van der Waals surface area contributed by atoms with Crippen molar-refractivity contribution >= 4 is 15.8 Å². The van der Waals surface area contributed by atoms with E-state index in [0.717, 1.165) is 12.8 Å². The van der Waals surface area contributed by atoms with Crippen LogP contribution in [-0.4, -0.2) is 70.6 Å². The Hall–Kier alpha value is -3.20. The Morgan fingerprint density at radius 2 is 1.60 bits per heavy atom. The Morgan fingerprint density at radius 1 is 0.900 bits per heavy atom. The topological polar surface area (TPSA) is 82.1 Å². The van der Waals surface area contributed by atoms with E-state index in [4.69, 9.17) is 14.2 Å². The molecule has 0 bridgehead atoms. The fraction of sp³-hybridized carbons (Fsp3) is 0.406. The molecule has 1 aliphatic rings. The molecule has 0 aromatic heterocycles. The van der Waals surface area contributed by atoms with Crippen LogP contribution in [0.1, 0.15) is 31.7 Å². The van der Waals surface area contributed by atoms with Gasteiger partial charge in [0.15, 0.2) is 14.6 Å². The van der Waals surface area contributed by atoms with Gasteiger partial charge in [-0.05, 0) is 73.6 Å². The molecule has 0 amide bonds. The molecule has 0 unspecified atom stereocenters. The molecule has 0 radical (unpaired) electrons. The van der Waals surface area contributed by atoms with Gasteiger partial charge in [0.05, 0.1) is 24.7 Å². The standard InChI is InChI=1S/C32H39NO6S/c1-3-38-31(34)32(18-20-33(21-19-32)22-24-37-2)40(35,36)30-16-14-29(15-17-30)39-23-8-10-26-9-7-13-28(25-26)27-11-5-4-6-12-27/h4-7,9,11-17,25H,3,8,10,18-24H2,1-2H3. The number of carbonyl (C=O) groups excluding carboxylic acids is 1. The van der Waals surface area contributed by atoms with Crippen LogP contribution in [0.4, 0.5) is 0 Å². The third-order valence-corrected chi connectivity index (χ3v) is 9.98. The first-order valence-corrected chi connectivity index (χ1v) is 15.4. The van der Waals surface area contributed by atoms with Crippen molar-refractivity contribution in [3.63, 3.8) is 0 Å². The number of ether oxygens (including phenoxy) is 3. The van der Waals surface area contributed by atoms with Crippen LogP contribution < -0.4 is 4.74 Å². The number of aryl methyl sites for hydroxylation is 1. The average Bonchev–Trinajstić information content (AvgIpc) is 2.99. The van der Waals surface area contributed by atoms with Gasteiger partial charge in [0.1, 0.15) is 5.75 Å². The summed E-state index contributed by atoms with van der Waals surface area (Å²) in [6.07, 6.45) is 2.06. The number of piperidine rings is 1. The van der Waals surface area contributed by atoms with Crippen molar-refractivity contribution < 1.29 is 27.4 Å². The van der Waals surface area contributed by atoms with Gasteiger partial charge >= 0.3 is 5.97 Å². The molecular formula is C32H39NO6S. The van der Waals surface area contributed by atoms with Crippen LogP contribution in [0.25, 0.3) is 11.1 Å².